The summed E-state index contributed by atoms with van der Waals surface area (Å²) in [7, 11) is 0. The van der Waals surface area contributed by atoms with Crippen molar-refractivity contribution in [1.29, 1.82) is 0 Å². The Bertz CT molecular complexity index is 848. The van der Waals surface area contributed by atoms with Gasteiger partial charge in [-0.3, -0.25) is 0 Å². The topological polar surface area (TPSA) is 15.6 Å². The summed E-state index contributed by atoms with van der Waals surface area (Å²) in [5, 5.41) is 8.19. The SMILES string of the molecule is ClP1SC(c2cccc3ccccc23)=NN1c1ccccc1. The van der Waals surface area contributed by atoms with E-state index < -0.39 is 6.63 Å². The first kappa shape index (κ1) is 14.1. The zero-order valence-electron chi connectivity index (χ0n) is 11.6. The highest BCUT2D eigenvalue weighted by molar-refractivity contribution is 8.70. The molecule has 0 saturated heterocycles. The normalized spacial score (nSPS) is 17.8. The van der Waals surface area contributed by atoms with E-state index in [2.05, 4.69) is 42.5 Å². The highest BCUT2D eigenvalue weighted by atomic mass is 35.7. The lowest BCUT2D eigenvalue weighted by molar-refractivity contribution is 1.21. The van der Waals surface area contributed by atoms with E-state index in [4.69, 9.17) is 16.3 Å². The van der Waals surface area contributed by atoms with Gasteiger partial charge in [0.25, 0.3) is 0 Å². The number of halogens is 1. The maximum Gasteiger partial charge on any atom is 0.179 e. The van der Waals surface area contributed by atoms with Gasteiger partial charge in [-0.05, 0) is 34.3 Å². The van der Waals surface area contributed by atoms with Crippen molar-refractivity contribution >= 4 is 50.8 Å². The van der Waals surface area contributed by atoms with Gasteiger partial charge in [0.1, 0.15) is 5.04 Å². The van der Waals surface area contributed by atoms with Gasteiger partial charge < -0.3 is 0 Å². The molecule has 0 radical (unpaired) electrons. The van der Waals surface area contributed by atoms with Crippen molar-refractivity contribution in [2.24, 2.45) is 5.10 Å². The molecule has 1 aliphatic rings. The summed E-state index contributed by atoms with van der Waals surface area (Å²) in [5.74, 6) is 0. The lowest BCUT2D eigenvalue weighted by Gasteiger charge is -2.15. The molecule has 108 valence electrons. The van der Waals surface area contributed by atoms with E-state index in [1.807, 2.05) is 35.1 Å². The summed E-state index contributed by atoms with van der Waals surface area (Å²) in [6, 6.07) is 24.8. The summed E-state index contributed by atoms with van der Waals surface area (Å²) in [5.41, 5.74) is 2.18. The predicted molar refractivity (Wildman–Crippen MR) is 99.8 cm³/mol. The number of para-hydroxylation sites is 1. The summed E-state index contributed by atoms with van der Waals surface area (Å²) >= 11 is 8.19. The molecule has 22 heavy (non-hydrogen) atoms. The van der Waals surface area contributed by atoms with E-state index in [1.54, 1.807) is 11.4 Å². The van der Waals surface area contributed by atoms with Crippen LogP contribution in [0.5, 0.6) is 0 Å². The van der Waals surface area contributed by atoms with Gasteiger partial charge in [0.05, 0.1) is 5.69 Å². The molecule has 0 saturated carbocycles. The van der Waals surface area contributed by atoms with Gasteiger partial charge in [0, 0.05) is 5.56 Å². The van der Waals surface area contributed by atoms with Gasteiger partial charge in [-0.2, -0.15) is 5.10 Å². The molecule has 0 fully saturated rings. The third kappa shape index (κ3) is 2.50. The molecule has 0 aromatic heterocycles. The van der Waals surface area contributed by atoms with Crippen LogP contribution in [0.2, 0.25) is 0 Å². The maximum absolute atomic E-state index is 6.55. The average Bonchev–Trinajstić information content (AvgIpc) is 2.97. The molecular formula is C17H12ClN2PS. The molecule has 4 rings (SSSR count). The highest BCUT2D eigenvalue weighted by Gasteiger charge is 2.28. The first-order valence-electron chi connectivity index (χ1n) is 6.88. The summed E-state index contributed by atoms with van der Waals surface area (Å²) in [6.07, 6.45) is 0. The van der Waals surface area contributed by atoms with Crippen molar-refractivity contribution in [2.75, 3.05) is 4.78 Å². The van der Waals surface area contributed by atoms with E-state index in [0.717, 1.165) is 16.3 Å². The van der Waals surface area contributed by atoms with Crippen molar-refractivity contribution < 1.29 is 0 Å². The van der Waals surface area contributed by atoms with Gasteiger partial charge in [-0.25, -0.2) is 4.78 Å². The number of benzene rings is 3. The van der Waals surface area contributed by atoms with E-state index in [9.17, 15) is 0 Å². The number of hydrazone groups is 1. The summed E-state index contributed by atoms with van der Waals surface area (Å²) < 4.78 is 1.93. The van der Waals surface area contributed by atoms with Crippen LogP contribution in [0, 0.1) is 0 Å². The quantitative estimate of drug-likeness (QED) is 0.514. The molecule has 1 heterocycles. The van der Waals surface area contributed by atoms with Gasteiger partial charge in [0.15, 0.2) is 6.63 Å². The van der Waals surface area contributed by atoms with E-state index in [-0.39, 0.29) is 0 Å². The maximum atomic E-state index is 6.55. The molecule has 0 N–H and O–H groups in total. The van der Waals surface area contributed by atoms with Gasteiger partial charge >= 0.3 is 0 Å². The number of fused-ring (bicyclic) bond motifs is 1. The Kier molecular flexibility index (Phi) is 3.79. The minimum Gasteiger partial charge on any atom is -0.218 e. The van der Waals surface area contributed by atoms with E-state index in [0.29, 0.717) is 0 Å². The molecule has 0 amide bonds. The Labute approximate surface area is 139 Å². The lowest BCUT2D eigenvalue weighted by atomic mass is 10.1. The molecule has 3 aromatic rings. The average molecular weight is 343 g/mol. The number of hydrogen-bond donors (Lipinski definition) is 0. The molecule has 3 aromatic carbocycles. The van der Waals surface area contributed by atoms with Gasteiger partial charge in [-0.15, -0.1) is 0 Å². The zero-order chi connectivity index (χ0) is 14.9. The Morgan fingerprint density at radius 1 is 0.864 bits per heavy atom. The molecular weight excluding hydrogens is 331 g/mol. The molecule has 5 heteroatoms. The van der Waals surface area contributed by atoms with Crippen LogP contribution < -0.4 is 4.78 Å². The molecule has 0 bridgehead atoms. The van der Waals surface area contributed by atoms with Gasteiger partial charge in [0.2, 0.25) is 0 Å². The van der Waals surface area contributed by atoms with Crippen LogP contribution in [0.1, 0.15) is 5.56 Å². The number of nitrogens with zero attached hydrogens (tertiary/aromatic N) is 2. The third-order valence-electron chi connectivity index (χ3n) is 3.50. The van der Waals surface area contributed by atoms with Crippen molar-refractivity contribution in [3.8, 4) is 0 Å². The number of hydrogen-bond acceptors (Lipinski definition) is 3. The van der Waals surface area contributed by atoms with Crippen LogP contribution in [0.4, 0.5) is 5.69 Å². The molecule has 0 spiro atoms. The van der Waals surface area contributed by atoms with Crippen molar-refractivity contribution in [1.82, 2.24) is 0 Å². The minimum absolute atomic E-state index is 0.905. The van der Waals surface area contributed by atoms with Crippen LogP contribution in [0.25, 0.3) is 10.8 Å². The number of rotatable bonds is 2. The largest absolute Gasteiger partial charge is 0.218 e. The lowest BCUT2D eigenvalue weighted by Crippen LogP contribution is -2.02. The fourth-order valence-corrected chi connectivity index (χ4v) is 6.03. The fourth-order valence-electron chi connectivity index (χ4n) is 2.47. The van der Waals surface area contributed by atoms with Crippen LogP contribution in [-0.4, -0.2) is 5.04 Å². The standard InChI is InChI=1S/C17H12ClN2PS/c18-21-20(14-9-2-1-3-10-14)19-17(22-21)16-12-6-8-13-7-4-5-11-15(13)16/h1-12H. The summed E-state index contributed by atoms with van der Waals surface area (Å²) in [4.78, 5) is 0. The molecule has 1 unspecified atom stereocenters. The smallest absolute Gasteiger partial charge is 0.179 e. The molecule has 2 nitrogen and oxygen atoms in total. The van der Waals surface area contributed by atoms with Crippen molar-refractivity contribution in [2.45, 2.75) is 0 Å². The number of anilines is 1. The Hall–Kier alpha value is -1.54. The second kappa shape index (κ2) is 5.92. The van der Waals surface area contributed by atoms with E-state index >= 15 is 0 Å². The minimum atomic E-state index is -0.905. The second-order valence-corrected chi connectivity index (χ2v) is 9.42. The van der Waals surface area contributed by atoms with Crippen LogP contribution >= 0.6 is 29.2 Å². The molecule has 1 aliphatic heterocycles. The van der Waals surface area contributed by atoms with E-state index in [1.165, 1.54) is 10.8 Å². The van der Waals surface area contributed by atoms with Crippen molar-refractivity contribution in [3.05, 3.63) is 78.4 Å². The van der Waals surface area contributed by atoms with Gasteiger partial charge in [-0.1, -0.05) is 71.9 Å². The van der Waals surface area contributed by atoms with Crippen LogP contribution in [-0.2, 0) is 0 Å². The monoisotopic (exact) mass is 342 g/mol. The van der Waals surface area contributed by atoms with Crippen molar-refractivity contribution in [3.63, 3.8) is 0 Å². The Morgan fingerprint density at radius 2 is 1.59 bits per heavy atom. The molecule has 0 aliphatic carbocycles. The molecule has 1 atom stereocenters. The predicted octanol–water partition coefficient (Wildman–Crippen LogP) is 6.22. The zero-order valence-corrected chi connectivity index (χ0v) is 14.0. The Morgan fingerprint density at radius 3 is 2.45 bits per heavy atom. The Balaban J connectivity index is 1.80. The van der Waals surface area contributed by atoms with Crippen LogP contribution in [0.15, 0.2) is 77.9 Å². The fraction of sp³-hybridized carbons (Fsp3) is 0. The van der Waals surface area contributed by atoms with Crippen LogP contribution in [0.3, 0.4) is 0 Å². The summed E-state index contributed by atoms with van der Waals surface area (Å²) in [6.45, 7) is -0.905. The second-order valence-electron chi connectivity index (χ2n) is 4.87. The first-order chi connectivity index (χ1) is 10.8. The highest BCUT2D eigenvalue weighted by Crippen LogP contribution is 2.64. The third-order valence-corrected chi connectivity index (χ3v) is 7.23. The first-order valence-corrected chi connectivity index (χ1v) is 10.5.